The molecule has 0 N–H and O–H groups in total. The van der Waals surface area contributed by atoms with Crippen LogP contribution in [0, 0.1) is 0 Å². The largest absolute Gasteiger partial charge is 0.372 e. The quantitative estimate of drug-likeness (QED) is 0.797. The van der Waals surface area contributed by atoms with Crippen LogP contribution in [0.25, 0.3) is 0 Å². The second-order valence-corrected chi connectivity index (χ2v) is 7.49. The minimum atomic E-state index is -3.29. The molecule has 2 heterocycles. The Morgan fingerprint density at radius 1 is 1.52 bits per heavy atom. The highest BCUT2D eigenvalue weighted by Crippen LogP contribution is 2.15. The molecule has 1 aromatic rings. The zero-order valence-corrected chi connectivity index (χ0v) is 12.9. The number of pyridine rings is 1. The lowest BCUT2D eigenvalue weighted by Crippen LogP contribution is -2.45. The van der Waals surface area contributed by atoms with Crippen molar-refractivity contribution in [3.8, 4) is 0 Å². The van der Waals surface area contributed by atoms with Crippen LogP contribution >= 0.6 is 0 Å². The molecule has 1 saturated heterocycles. The van der Waals surface area contributed by atoms with E-state index in [1.807, 2.05) is 12.1 Å². The Morgan fingerprint density at radius 2 is 2.33 bits per heavy atom. The highest BCUT2D eigenvalue weighted by Gasteiger charge is 2.26. The molecule has 1 amide bonds. The van der Waals surface area contributed by atoms with Crippen molar-refractivity contribution in [3.63, 3.8) is 0 Å². The van der Waals surface area contributed by atoms with Gasteiger partial charge in [0.1, 0.15) is 5.75 Å². The Hall–Kier alpha value is -1.47. The number of sulfone groups is 1. The van der Waals surface area contributed by atoms with E-state index in [2.05, 4.69) is 4.98 Å². The van der Waals surface area contributed by atoms with E-state index in [9.17, 15) is 13.2 Å². The molecule has 1 fully saturated rings. The lowest BCUT2D eigenvalue weighted by atomic mass is 10.1. The summed E-state index contributed by atoms with van der Waals surface area (Å²) in [5.41, 5.74) is 0.983. The molecule has 21 heavy (non-hydrogen) atoms. The highest BCUT2D eigenvalue weighted by molar-refractivity contribution is 7.91. The van der Waals surface area contributed by atoms with Crippen molar-refractivity contribution >= 4 is 15.7 Å². The van der Waals surface area contributed by atoms with Gasteiger partial charge in [0.15, 0.2) is 9.84 Å². The van der Waals surface area contributed by atoms with E-state index in [1.165, 1.54) is 0 Å². The van der Waals surface area contributed by atoms with E-state index in [1.54, 1.807) is 17.3 Å². The summed E-state index contributed by atoms with van der Waals surface area (Å²) < 4.78 is 28.2. The normalized spacial score (nSPS) is 19.5. The number of piperidine rings is 1. The topological polar surface area (TPSA) is 76.6 Å². The molecular weight excluding hydrogens is 292 g/mol. The summed E-state index contributed by atoms with van der Waals surface area (Å²) in [5.74, 6) is -0.769. The third kappa shape index (κ3) is 5.43. The number of aromatic nitrogens is 1. The number of hydrogen-bond donors (Lipinski definition) is 0. The van der Waals surface area contributed by atoms with Gasteiger partial charge in [0.2, 0.25) is 5.91 Å². The van der Waals surface area contributed by atoms with E-state index >= 15 is 0 Å². The number of hydrogen-bond acceptors (Lipinski definition) is 5. The first-order chi connectivity index (χ1) is 9.94. The van der Waals surface area contributed by atoms with E-state index < -0.39 is 15.6 Å². The van der Waals surface area contributed by atoms with E-state index in [-0.39, 0.29) is 12.0 Å². The standard InChI is InChI=1S/C14H20N2O4S/c1-21(18,19)11-14(17)16-7-3-5-13(9-16)20-10-12-4-2-6-15-8-12/h2,4,6,8,13H,3,5,7,9-11H2,1H3/t13-/m1/s1. The van der Waals surface area contributed by atoms with Crippen LogP contribution in [0.1, 0.15) is 18.4 Å². The van der Waals surface area contributed by atoms with Gasteiger partial charge in [0.25, 0.3) is 0 Å². The van der Waals surface area contributed by atoms with Crippen LogP contribution in [-0.2, 0) is 26.0 Å². The van der Waals surface area contributed by atoms with E-state index in [0.717, 1.165) is 24.7 Å². The van der Waals surface area contributed by atoms with Gasteiger partial charge in [-0.25, -0.2) is 8.42 Å². The molecule has 0 spiro atoms. The van der Waals surface area contributed by atoms with Crippen molar-refractivity contribution in [3.05, 3.63) is 30.1 Å². The SMILES string of the molecule is CS(=O)(=O)CC(=O)N1CCC[C@@H](OCc2cccnc2)C1. The Bertz CT molecular complexity index is 574. The van der Waals surface area contributed by atoms with Gasteiger partial charge in [-0.2, -0.15) is 0 Å². The van der Waals surface area contributed by atoms with Gasteiger partial charge in [-0.05, 0) is 24.5 Å². The maximum absolute atomic E-state index is 11.9. The van der Waals surface area contributed by atoms with Crippen molar-refractivity contribution in [2.24, 2.45) is 0 Å². The van der Waals surface area contributed by atoms with Crippen molar-refractivity contribution in [2.75, 3.05) is 25.1 Å². The molecule has 1 aliphatic heterocycles. The van der Waals surface area contributed by atoms with Crippen LogP contribution in [-0.4, -0.2) is 55.4 Å². The molecule has 6 nitrogen and oxygen atoms in total. The molecule has 2 rings (SSSR count). The van der Waals surface area contributed by atoms with Crippen LogP contribution in [0.4, 0.5) is 0 Å². The van der Waals surface area contributed by atoms with Crippen LogP contribution in [0.15, 0.2) is 24.5 Å². The zero-order valence-electron chi connectivity index (χ0n) is 12.1. The van der Waals surface area contributed by atoms with E-state index in [4.69, 9.17) is 4.74 Å². The molecule has 0 saturated carbocycles. The number of carbonyl (C=O) groups excluding carboxylic acids is 1. The molecule has 116 valence electrons. The maximum atomic E-state index is 11.9. The first kappa shape index (κ1) is 15.9. The molecule has 0 unspecified atom stereocenters. The second kappa shape index (κ2) is 7.00. The fourth-order valence-corrected chi connectivity index (χ4v) is 2.95. The molecule has 0 aliphatic carbocycles. The molecule has 1 aromatic heterocycles. The number of carbonyl (C=O) groups is 1. The number of ether oxygens (including phenoxy) is 1. The Kier molecular flexibility index (Phi) is 5.30. The van der Waals surface area contributed by atoms with Gasteiger partial charge in [-0.1, -0.05) is 6.07 Å². The first-order valence-electron chi connectivity index (χ1n) is 6.90. The van der Waals surface area contributed by atoms with Gasteiger partial charge in [-0.3, -0.25) is 9.78 Å². The fraction of sp³-hybridized carbons (Fsp3) is 0.571. The van der Waals surface area contributed by atoms with Gasteiger partial charge in [0, 0.05) is 31.7 Å². The average molecular weight is 312 g/mol. The molecule has 0 radical (unpaired) electrons. The molecule has 1 aliphatic rings. The maximum Gasteiger partial charge on any atom is 0.237 e. The monoisotopic (exact) mass is 312 g/mol. The predicted molar refractivity (Wildman–Crippen MR) is 78.3 cm³/mol. The molecule has 7 heteroatoms. The Morgan fingerprint density at radius 3 is 3.00 bits per heavy atom. The predicted octanol–water partition coefficient (Wildman–Crippen LogP) is 0.634. The van der Waals surface area contributed by atoms with Crippen LogP contribution in [0.5, 0.6) is 0 Å². The highest BCUT2D eigenvalue weighted by atomic mass is 32.2. The van der Waals surface area contributed by atoms with Crippen LogP contribution in [0.3, 0.4) is 0 Å². The second-order valence-electron chi connectivity index (χ2n) is 5.35. The number of amides is 1. The first-order valence-corrected chi connectivity index (χ1v) is 8.96. The van der Waals surface area contributed by atoms with Crippen LogP contribution in [0.2, 0.25) is 0 Å². The minimum Gasteiger partial charge on any atom is -0.372 e. The Labute approximate surface area is 125 Å². The summed E-state index contributed by atoms with van der Waals surface area (Å²) in [6.07, 6.45) is 6.18. The smallest absolute Gasteiger partial charge is 0.237 e. The number of likely N-dealkylation sites (tertiary alicyclic amines) is 1. The minimum absolute atomic E-state index is 0.0533. The fourth-order valence-electron chi connectivity index (χ4n) is 2.31. The summed E-state index contributed by atoms with van der Waals surface area (Å²) in [7, 11) is -3.29. The number of nitrogens with zero attached hydrogens (tertiary/aromatic N) is 2. The van der Waals surface area contributed by atoms with Gasteiger partial charge >= 0.3 is 0 Å². The summed E-state index contributed by atoms with van der Waals surface area (Å²) >= 11 is 0. The summed E-state index contributed by atoms with van der Waals surface area (Å²) in [6, 6.07) is 3.78. The van der Waals surface area contributed by atoms with Gasteiger partial charge in [0.05, 0.1) is 12.7 Å². The van der Waals surface area contributed by atoms with Crippen molar-refractivity contribution in [1.29, 1.82) is 0 Å². The molecular formula is C14H20N2O4S. The lowest BCUT2D eigenvalue weighted by molar-refractivity contribution is -0.132. The lowest BCUT2D eigenvalue weighted by Gasteiger charge is -2.32. The number of rotatable bonds is 5. The summed E-state index contributed by atoms with van der Waals surface area (Å²) in [5, 5.41) is 0. The van der Waals surface area contributed by atoms with Crippen molar-refractivity contribution in [2.45, 2.75) is 25.6 Å². The van der Waals surface area contributed by atoms with Gasteiger partial charge in [-0.15, -0.1) is 0 Å². The zero-order chi connectivity index (χ0) is 15.3. The van der Waals surface area contributed by atoms with Crippen molar-refractivity contribution < 1.29 is 17.9 Å². The molecule has 0 bridgehead atoms. The third-order valence-electron chi connectivity index (χ3n) is 3.33. The summed E-state index contributed by atoms with van der Waals surface area (Å²) in [6.45, 7) is 1.50. The van der Waals surface area contributed by atoms with Gasteiger partial charge < -0.3 is 9.64 Å². The molecule has 1 atom stereocenters. The van der Waals surface area contributed by atoms with Crippen molar-refractivity contribution in [1.82, 2.24) is 9.88 Å². The average Bonchev–Trinajstić information content (AvgIpc) is 2.45. The Balaban J connectivity index is 1.84. The molecule has 0 aromatic carbocycles. The van der Waals surface area contributed by atoms with E-state index in [0.29, 0.717) is 19.7 Å². The van der Waals surface area contributed by atoms with Crippen LogP contribution < -0.4 is 0 Å². The third-order valence-corrected chi connectivity index (χ3v) is 4.10. The summed E-state index contributed by atoms with van der Waals surface area (Å²) in [4.78, 5) is 17.5.